The molecule has 0 radical (unpaired) electrons. The minimum absolute atomic E-state index is 0.432. The van der Waals surface area contributed by atoms with Gasteiger partial charge in [-0.3, -0.25) is 0 Å². The lowest BCUT2D eigenvalue weighted by Crippen LogP contribution is -2.07. The molecular weight excluding hydrogens is 336 g/mol. The highest BCUT2D eigenvalue weighted by Crippen LogP contribution is 2.52. The van der Waals surface area contributed by atoms with Gasteiger partial charge in [-0.2, -0.15) is 0 Å². The zero-order valence-corrected chi connectivity index (χ0v) is 18.4. The minimum Gasteiger partial charge on any atom is -0.379 e. The first-order chi connectivity index (χ1) is 13.3. The van der Waals surface area contributed by atoms with Gasteiger partial charge in [0.1, 0.15) is 6.10 Å². The maximum absolute atomic E-state index is 5.27. The van der Waals surface area contributed by atoms with Crippen LogP contribution in [0.5, 0.6) is 0 Å². The summed E-state index contributed by atoms with van der Waals surface area (Å²) in [4.78, 5) is 0. The summed E-state index contributed by atoms with van der Waals surface area (Å²) in [5, 5.41) is 0. The Bertz CT molecular complexity index is 352. The molecule has 2 saturated heterocycles. The van der Waals surface area contributed by atoms with E-state index in [0.29, 0.717) is 12.2 Å². The van der Waals surface area contributed by atoms with Crippen LogP contribution in [-0.2, 0) is 14.2 Å². The van der Waals surface area contributed by atoms with Gasteiger partial charge < -0.3 is 14.2 Å². The van der Waals surface area contributed by atoms with Gasteiger partial charge in [0.05, 0.1) is 25.9 Å². The molecule has 2 aliphatic heterocycles. The number of epoxide rings is 2. The van der Waals surface area contributed by atoms with E-state index in [1.807, 2.05) is 0 Å². The first-order valence-corrected chi connectivity index (χ1v) is 12.1. The SMILES string of the molecule is CCCC1CCC2CC2C1.CCCCCC1CO1.CCCCOCC1CO1. The Labute approximate surface area is 168 Å². The molecule has 2 saturated carbocycles. The van der Waals surface area contributed by atoms with Gasteiger partial charge in [-0.1, -0.05) is 65.7 Å². The molecule has 160 valence electrons. The summed E-state index contributed by atoms with van der Waals surface area (Å²) in [5.41, 5.74) is 0. The van der Waals surface area contributed by atoms with Crippen LogP contribution in [0, 0.1) is 17.8 Å². The van der Waals surface area contributed by atoms with E-state index < -0.39 is 0 Å². The monoisotopic (exact) mass is 382 g/mol. The van der Waals surface area contributed by atoms with E-state index in [9.17, 15) is 0 Å². The number of ether oxygens (including phenoxy) is 3. The third-order valence-electron chi connectivity index (χ3n) is 6.23. The van der Waals surface area contributed by atoms with Gasteiger partial charge in [-0.15, -0.1) is 0 Å². The normalized spacial score (nSPS) is 32.3. The van der Waals surface area contributed by atoms with Crippen molar-refractivity contribution in [2.45, 2.75) is 110 Å². The van der Waals surface area contributed by atoms with Gasteiger partial charge in [0, 0.05) is 6.61 Å². The third kappa shape index (κ3) is 12.1. The van der Waals surface area contributed by atoms with Crippen molar-refractivity contribution in [2.75, 3.05) is 26.4 Å². The Morgan fingerprint density at radius 3 is 2.07 bits per heavy atom. The number of hydrogen-bond donors (Lipinski definition) is 0. The molecule has 5 atom stereocenters. The van der Waals surface area contributed by atoms with Crippen molar-refractivity contribution in [1.82, 2.24) is 0 Å². The number of rotatable bonds is 11. The van der Waals surface area contributed by atoms with Gasteiger partial charge in [-0.25, -0.2) is 0 Å². The summed E-state index contributed by atoms with van der Waals surface area (Å²) in [5.74, 6) is 3.49. The molecule has 2 aliphatic carbocycles. The lowest BCUT2D eigenvalue weighted by atomic mass is 9.86. The lowest BCUT2D eigenvalue weighted by Gasteiger charge is -2.19. The van der Waals surface area contributed by atoms with Crippen molar-refractivity contribution in [3.63, 3.8) is 0 Å². The van der Waals surface area contributed by atoms with Gasteiger partial charge in [0.2, 0.25) is 0 Å². The molecule has 3 nitrogen and oxygen atoms in total. The molecule has 0 aromatic carbocycles. The second-order valence-electron chi connectivity index (χ2n) is 9.06. The molecule has 0 amide bonds. The molecule has 0 bridgehead atoms. The second-order valence-corrected chi connectivity index (χ2v) is 9.06. The topological polar surface area (TPSA) is 34.3 Å². The van der Waals surface area contributed by atoms with E-state index in [1.165, 1.54) is 63.2 Å². The van der Waals surface area contributed by atoms with Crippen LogP contribution in [-0.4, -0.2) is 38.6 Å². The summed E-state index contributed by atoms with van der Waals surface area (Å²) in [6.45, 7) is 10.4. The summed E-state index contributed by atoms with van der Waals surface area (Å²) >= 11 is 0. The van der Waals surface area contributed by atoms with Crippen LogP contribution < -0.4 is 0 Å². The van der Waals surface area contributed by atoms with Crippen molar-refractivity contribution in [1.29, 1.82) is 0 Å². The molecule has 0 aromatic heterocycles. The molecule has 5 unspecified atom stereocenters. The Morgan fingerprint density at radius 1 is 0.741 bits per heavy atom. The zero-order valence-electron chi connectivity index (χ0n) is 18.4. The van der Waals surface area contributed by atoms with Crippen LogP contribution in [0.15, 0.2) is 0 Å². The molecule has 27 heavy (non-hydrogen) atoms. The van der Waals surface area contributed by atoms with E-state index in [0.717, 1.165) is 32.3 Å². The molecule has 4 fully saturated rings. The van der Waals surface area contributed by atoms with E-state index in [-0.39, 0.29) is 0 Å². The lowest BCUT2D eigenvalue weighted by molar-refractivity contribution is 0.114. The van der Waals surface area contributed by atoms with Crippen LogP contribution in [0.25, 0.3) is 0 Å². The molecule has 0 N–H and O–H groups in total. The van der Waals surface area contributed by atoms with Crippen molar-refractivity contribution < 1.29 is 14.2 Å². The first-order valence-electron chi connectivity index (χ1n) is 12.1. The molecular formula is C24H46O3. The van der Waals surface area contributed by atoms with E-state index in [4.69, 9.17) is 14.2 Å². The Kier molecular flexibility index (Phi) is 12.0. The van der Waals surface area contributed by atoms with E-state index in [2.05, 4.69) is 20.8 Å². The summed E-state index contributed by atoms with van der Waals surface area (Å²) in [7, 11) is 0. The smallest absolute Gasteiger partial charge is 0.104 e. The third-order valence-corrected chi connectivity index (χ3v) is 6.23. The Morgan fingerprint density at radius 2 is 1.48 bits per heavy atom. The number of hydrogen-bond acceptors (Lipinski definition) is 3. The van der Waals surface area contributed by atoms with Gasteiger partial charge >= 0.3 is 0 Å². The fourth-order valence-electron chi connectivity index (χ4n) is 4.10. The van der Waals surface area contributed by atoms with Crippen LogP contribution in [0.1, 0.15) is 97.8 Å². The van der Waals surface area contributed by atoms with Crippen molar-refractivity contribution in [2.24, 2.45) is 17.8 Å². The standard InChI is InChI=1S/C10H18.C7H14O2.C7H14O/c1-2-3-8-4-5-9-7-10(9)6-8;1-2-3-4-8-5-7-6-9-7;1-2-3-4-5-7-6-8-7/h8-10H,2-7H2,1H3;7H,2-6H2,1H3;7H,2-6H2,1H3. The first kappa shape index (κ1) is 23.2. The molecule has 4 aliphatic rings. The maximum Gasteiger partial charge on any atom is 0.104 e. The zero-order chi connectivity index (χ0) is 19.3. The van der Waals surface area contributed by atoms with Gasteiger partial charge in [0.25, 0.3) is 0 Å². The second kappa shape index (κ2) is 14.0. The summed E-state index contributed by atoms with van der Waals surface area (Å²) in [6, 6.07) is 0. The number of unbranched alkanes of at least 4 members (excludes halogenated alkanes) is 3. The van der Waals surface area contributed by atoms with Crippen LogP contribution >= 0.6 is 0 Å². The fourth-order valence-corrected chi connectivity index (χ4v) is 4.10. The predicted molar refractivity (Wildman–Crippen MR) is 113 cm³/mol. The van der Waals surface area contributed by atoms with Gasteiger partial charge in [0.15, 0.2) is 0 Å². The van der Waals surface area contributed by atoms with Crippen molar-refractivity contribution in [3.8, 4) is 0 Å². The van der Waals surface area contributed by atoms with Gasteiger partial charge in [-0.05, 0) is 49.9 Å². The summed E-state index contributed by atoms with van der Waals surface area (Å²) in [6.07, 6.45) is 18.0. The number of fused-ring (bicyclic) bond motifs is 1. The molecule has 0 aromatic rings. The fraction of sp³-hybridized carbons (Fsp3) is 1.00. The van der Waals surface area contributed by atoms with E-state index in [1.54, 1.807) is 25.7 Å². The van der Waals surface area contributed by atoms with Crippen LogP contribution in [0.2, 0.25) is 0 Å². The largest absolute Gasteiger partial charge is 0.379 e. The minimum atomic E-state index is 0.432. The molecule has 2 heterocycles. The highest BCUT2D eigenvalue weighted by atomic mass is 16.6. The van der Waals surface area contributed by atoms with Crippen LogP contribution in [0.4, 0.5) is 0 Å². The Balaban J connectivity index is 0.000000146. The summed E-state index contributed by atoms with van der Waals surface area (Å²) < 4.78 is 15.3. The molecule has 4 rings (SSSR count). The average molecular weight is 383 g/mol. The van der Waals surface area contributed by atoms with E-state index >= 15 is 0 Å². The highest BCUT2D eigenvalue weighted by molar-refractivity contribution is 4.92. The maximum atomic E-state index is 5.27. The van der Waals surface area contributed by atoms with Crippen molar-refractivity contribution in [3.05, 3.63) is 0 Å². The molecule has 3 heteroatoms. The molecule has 0 spiro atoms. The van der Waals surface area contributed by atoms with Crippen molar-refractivity contribution >= 4 is 0 Å². The average Bonchev–Trinajstić information content (AvgIpc) is 3.54. The quantitative estimate of drug-likeness (QED) is 0.307. The van der Waals surface area contributed by atoms with Crippen LogP contribution in [0.3, 0.4) is 0 Å². The predicted octanol–water partition coefficient (Wildman–Crippen LogP) is 6.39. The Hall–Kier alpha value is -0.120. The highest BCUT2D eigenvalue weighted by Gasteiger charge is 2.41.